The van der Waals surface area contributed by atoms with Gasteiger partial charge in [0.2, 0.25) is 0 Å². The van der Waals surface area contributed by atoms with Crippen molar-refractivity contribution < 1.29 is 19.4 Å². The van der Waals surface area contributed by atoms with Gasteiger partial charge in [0.25, 0.3) is 0 Å². The number of esters is 1. The van der Waals surface area contributed by atoms with Crippen LogP contribution in [0.3, 0.4) is 0 Å². The maximum absolute atomic E-state index is 11.4. The molecule has 0 bridgehead atoms. The zero-order chi connectivity index (χ0) is 12.7. The third-order valence-corrected chi connectivity index (χ3v) is 2.06. The molecule has 0 radical (unpaired) electrons. The highest BCUT2D eigenvalue weighted by molar-refractivity contribution is 5.86. The third kappa shape index (κ3) is 5.50. The van der Waals surface area contributed by atoms with Crippen molar-refractivity contribution in [3.63, 3.8) is 0 Å². The zero-order valence-electron chi connectivity index (χ0n) is 9.95. The van der Waals surface area contributed by atoms with Crippen LogP contribution in [0.15, 0.2) is 12.2 Å². The molecule has 2 N–H and O–H groups in total. The highest BCUT2D eigenvalue weighted by Gasteiger charge is 2.20. The first-order valence-corrected chi connectivity index (χ1v) is 5.10. The monoisotopic (exact) mass is 229 g/mol. The fourth-order valence-corrected chi connectivity index (χ4v) is 1.20. The average molecular weight is 229 g/mol. The van der Waals surface area contributed by atoms with E-state index in [-0.39, 0.29) is 18.1 Å². The van der Waals surface area contributed by atoms with Gasteiger partial charge in [0.05, 0.1) is 7.11 Å². The number of carbonyl (C=O) groups is 2. The van der Waals surface area contributed by atoms with Gasteiger partial charge in [0.1, 0.15) is 6.04 Å². The van der Waals surface area contributed by atoms with E-state index in [0.717, 1.165) is 0 Å². The predicted octanol–water partition coefficient (Wildman–Crippen LogP) is 0.804. The average Bonchev–Trinajstić information content (AvgIpc) is 2.21. The lowest BCUT2D eigenvalue weighted by atomic mass is 10.0. The molecule has 5 heteroatoms. The largest absolute Gasteiger partial charge is 0.478 e. The summed E-state index contributed by atoms with van der Waals surface area (Å²) in [5, 5.41) is 11.4. The third-order valence-electron chi connectivity index (χ3n) is 2.06. The predicted molar refractivity (Wildman–Crippen MR) is 60.0 cm³/mol. The summed E-state index contributed by atoms with van der Waals surface area (Å²) in [6.07, 6.45) is 0.597. The molecular formula is C11H19NO4. The number of carboxylic acids is 1. The van der Waals surface area contributed by atoms with Crippen LogP contribution in [0.4, 0.5) is 0 Å². The molecule has 0 fully saturated rings. The molecule has 0 aromatic heterocycles. The van der Waals surface area contributed by atoms with Crippen LogP contribution in [0, 0.1) is 5.92 Å². The van der Waals surface area contributed by atoms with Crippen LogP contribution >= 0.6 is 0 Å². The SMILES string of the molecule is C=C(CNC(CC(C)C)C(=O)OC)C(=O)O. The molecule has 1 unspecified atom stereocenters. The second-order valence-corrected chi connectivity index (χ2v) is 3.99. The van der Waals surface area contributed by atoms with Crippen molar-refractivity contribution in [1.82, 2.24) is 5.32 Å². The van der Waals surface area contributed by atoms with Gasteiger partial charge in [-0.1, -0.05) is 20.4 Å². The number of nitrogens with one attached hydrogen (secondary N) is 1. The zero-order valence-corrected chi connectivity index (χ0v) is 9.95. The van der Waals surface area contributed by atoms with Gasteiger partial charge in [0.15, 0.2) is 0 Å². The molecule has 0 aliphatic carbocycles. The van der Waals surface area contributed by atoms with Gasteiger partial charge in [-0.3, -0.25) is 4.79 Å². The van der Waals surface area contributed by atoms with E-state index in [2.05, 4.69) is 16.6 Å². The smallest absolute Gasteiger partial charge is 0.332 e. The summed E-state index contributed by atoms with van der Waals surface area (Å²) in [5.41, 5.74) is 0.0256. The lowest BCUT2D eigenvalue weighted by Gasteiger charge is -2.18. The molecular weight excluding hydrogens is 210 g/mol. The Bertz CT molecular complexity index is 273. The number of carbonyl (C=O) groups excluding carboxylic acids is 1. The van der Waals surface area contributed by atoms with E-state index in [4.69, 9.17) is 5.11 Å². The lowest BCUT2D eigenvalue weighted by molar-refractivity contribution is -0.143. The van der Waals surface area contributed by atoms with E-state index < -0.39 is 12.0 Å². The van der Waals surface area contributed by atoms with E-state index in [1.54, 1.807) is 0 Å². The second kappa shape index (κ2) is 7.00. The summed E-state index contributed by atoms with van der Waals surface area (Å²) in [5.74, 6) is -1.14. The molecule has 0 aromatic carbocycles. The topological polar surface area (TPSA) is 75.6 Å². The van der Waals surface area contributed by atoms with Crippen molar-refractivity contribution in [2.24, 2.45) is 5.92 Å². The molecule has 1 atom stereocenters. The molecule has 0 aromatic rings. The molecule has 0 rings (SSSR count). The van der Waals surface area contributed by atoms with E-state index in [0.29, 0.717) is 12.3 Å². The minimum Gasteiger partial charge on any atom is -0.478 e. The molecule has 0 spiro atoms. The van der Waals surface area contributed by atoms with Crippen molar-refractivity contribution in [2.45, 2.75) is 26.3 Å². The molecule has 92 valence electrons. The van der Waals surface area contributed by atoms with E-state index >= 15 is 0 Å². The van der Waals surface area contributed by atoms with E-state index in [9.17, 15) is 9.59 Å². The van der Waals surface area contributed by atoms with Crippen molar-refractivity contribution in [3.8, 4) is 0 Å². The van der Waals surface area contributed by atoms with E-state index in [1.165, 1.54) is 7.11 Å². The van der Waals surface area contributed by atoms with Gasteiger partial charge in [0, 0.05) is 12.1 Å². The molecule has 16 heavy (non-hydrogen) atoms. The number of hydrogen-bond acceptors (Lipinski definition) is 4. The Morgan fingerprint density at radius 2 is 2.00 bits per heavy atom. The number of carboxylic acid groups (broad SMARTS) is 1. The number of ether oxygens (including phenoxy) is 1. The molecule has 0 aliphatic heterocycles. The molecule has 5 nitrogen and oxygen atoms in total. The summed E-state index contributed by atoms with van der Waals surface area (Å²) >= 11 is 0. The van der Waals surface area contributed by atoms with Crippen LogP contribution in [0.5, 0.6) is 0 Å². The summed E-state index contributed by atoms with van der Waals surface area (Å²) < 4.78 is 4.63. The van der Waals surface area contributed by atoms with Crippen molar-refractivity contribution >= 4 is 11.9 Å². The molecule has 0 saturated heterocycles. The Hall–Kier alpha value is -1.36. The Morgan fingerprint density at radius 3 is 2.38 bits per heavy atom. The first-order chi connectivity index (χ1) is 7.38. The fourth-order valence-electron chi connectivity index (χ4n) is 1.20. The fraction of sp³-hybridized carbons (Fsp3) is 0.636. The van der Waals surface area contributed by atoms with Crippen LogP contribution in [0.1, 0.15) is 20.3 Å². The van der Waals surface area contributed by atoms with Crippen LogP contribution in [-0.2, 0) is 14.3 Å². The Labute approximate surface area is 95.5 Å². The number of aliphatic carboxylic acids is 1. The minimum absolute atomic E-state index is 0.0256. The summed E-state index contributed by atoms with van der Waals surface area (Å²) in [7, 11) is 1.31. The molecule has 0 amide bonds. The Kier molecular flexibility index (Phi) is 6.41. The highest BCUT2D eigenvalue weighted by Crippen LogP contribution is 2.06. The summed E-state index contributed by atoms with van der Waals surface area (Å²) in [6, 6.07) is -0.485. The highest BCUT2D eigenvalue weighted by atomic mass is 16.5. The normalized spacial score (nSPS) is 12.2. The first kappa shape index (κ1) is 14.6. The number of rotatable bonds is 7. The quantitative estimate of drug-likeness (QED) is 0.499. The van der Waals surface area contributed by atoms with Crippen LogP contribution < -0.4 is 5.32 Å². The molecule has 0 saturated carbocycles. The Morgan fingerprint density at radius 1 is 1.44 bits per heavy atom. The standard InChI is InChI=1S/C11H19NO4/c1-7(2)5-9(11(15)16-4)12-6-8(3)10(13)14/h7,9,12H,3,5-6H2,1-2,4H3,(H,13,14). The van der Waals surface area contributed by atoms with Gasteiger partial charge in [-0.05, 0) is 12.3 Å². The Balaban J connectivity index is 4.27. The van der Waals surface area contributed by atoms with E-state index in [1.807, 2.05) is 13.8 Å². The van der Waals surface area contributed by atoms with Gasteiger partial charge >= 0.3 is 11.9 Å². The van der Waals surface area contributed by atoms with Gasteiger partial charge < -0.3 is 15.2 Å². The summed E-state index contributed by atoms with van der Waals surface area (Å²) in [4.78, 5) is 21.9. The summed E-state index contributed by atoms with van der Waals surface area (Å²) in [6.45, 7) is 7.40. The minimum atomic E-state index is -1.07. The maximum atomic E-state index is 11.4. The first-order valence-electron chi connectivity index (χ1n) is 5.10. The maximum Gasteiger partial charge on any atom is 0.332 e. The van der Waals surface area contributed by atoms with Gasteiger partial charge in [-0.25, -0.2) is 4.79 Å². The lowest BCUT2D eigenvalue weighted by Crippen LogP contribution is -2.40. The van der Waals surface area contributed by atoms with Crippen molar-refractivity contribution in [1.29, 1.82) is 0 Å². The van der Waals surface area contributed by atoms with Crippen molar-refractivity contribution in [2.75, 3.05) is 13.7 Å². The van der Waals surface area contributed by atoms with Crippen molar-refractivity contribution in [3.05, 3.63) is 12.2 Å². The number of methoxy groups -OCH3 is 1. The number of hydrogen-bond donors (Lipinski definition) is 2. The molecule has 0 heterocycles. The van der Waals surface area contributed by atoms with Gasteiger partial charge in [-0.15, -0.1) is 0 Å². The van der Waals surface area contributed by atoms with Crippen LogP contribution in [0.2, 0.25) is 0 Å². The van der Waals surface area contributed by atoms with Gasteiger partial charge in [-0.2, -0.15) is 0 Å². The van der Waals surface area contributed by atoms with Crippen LogP contribution in [-0.4, -0.2) is 36.7 Å². The molecule has 0 aliphatic rings. The van der Waals surface area contributed by atoms with Crippen LogP contribution in [0.25, 0.3) is 0 Å². The second-order valence-electron chi connectivity index (χ2n) is 3.99.